The number of rotatable bonds is 3. The molecule has 0 aromatic heterocycles. The summed E-state index contributed by atoms with van der Waals surface area (Å²) >= 11 is 0. The van der Waals surface area contributed by atoms with Crippen molar-refractivity contribution in [1.29, 1.82) is 0 Å². The molecular weight excluding hydrogens is 194 g/mol. The van der Waals surface area contributed by atoms with Gasteiger partial charge in [-0.3, -0.25) is 0 Å². The molecule has 0 aromatic rings. The minimum Gasteiger partial charge on any atom is -0.303 e. The number of nitrogens with zero attached hydrogens (tertiary/aromatic N) is 1. The molecule has 0 atom stereocenters. The van der Waals surface area contributed by atoms with Crippen molar-refractivity contribution < 1.29 is 0 Å². The summed E-state index contributed by atoms with van der Waals surface area (Å²) in [6, 6.07) is 0. The van der Waals surface area contributed by atoms with Crippen molar-refractivity contribution >= 4 is 0 Å². The Morgan fingerprint density at radius 3 is 1.56 bits per heavy atom. The largest absolute Gasteiger partial charge is 0.303 e. The third-order valence-electron chi connectivity index (χ3n) is 3.78. The average molecular weight is 225 g/mol. The second-order valence-electron chi connectivity index (χ2n) is 5.38. The highest BCUT2D eigenvalue weighted by Gasteiger charge is 2.04. The molecule has 1 nitrogen and oxygen atoms in total. The van der Waals surface area contributed by atoms with Crippen molar-refractivity contribution in [3.8, 4) is 0 Å². The van der Waals surface area contributed by atoms with Gasteiger partial charge in [0.2, 0.25) is 0 Å². The van der Waals surface area contributed by atoms with E-state index in [0.29, 0.717) is 0 Å². The van der Waals surface area contributed by atoms with Crippen LogP contribution in [0, 0.1) is 0 Å². The van der Waals surface area contributed by atoms with E-state index >= 15 is 0 Å². The highest BCUT2D eigenvalue weighted by Crippen LogP contribution is 2.12. The van der Waals surface area contributed by atoms with Gasteiger partial charge in [-0.05, 0) is 38.9 Å². The van der Waals surface area contributed by atoms with Crippen LogP contribution in [0.2, 0.25) is 0 Å². The van der Waals surface area contributed by atoms with Crippen LogP contribution in [-0.4, -0.2) is 24.5 Å². The molecule has 1 fully saturated rings. The lowest BCUT2D eigenvalue weighted by atomic mass is 10.1. The van der Waals surface area contributed by atoms with Crippen LogP contribution in [0.25, 0.3) is 0 Å². The topological polar surface area (TPSA) is 3.24 Å². The van der Waals surface area contributed by atoms with Crippen LogP contribution in [0.4, 0.5) is 0 Å². The van der Waals surface area contributed by atoms with Gasteiger partial charge in [-0.1, -0.05) is 58.3 Å². The summed E-state index contributed by atoms with van der Waals surface area (Å²) in [6.07, 6.45) is 15.9. The van der Waals surface area contributed by atoms with Gasteiger partial charge < -0.3 is 4.90 Å². The van der Waals surface area contributed by atoms with Crippen molar-refractivity contribution in [1.82, 2.24) is 4.90 Å². The van der Waals surface area contributed by atoms with E-state index in [-0.39, 0.29) is 0 Å². The molecule has 1 aliphatic rings. The van der Waals surface area contributed by atoms with E-state index in [1.54, 1.807) is 0 Å². The van der Waals surface area contributed by atoms with Crippen LogP contribution in [0.15, 0.2) is 0 Å². The van der Waals surface area contributed by atoms with Crippen LogP contribution in [0.1, 0.15) is 77.6 Å². The van der Waals surface area contributed by atoms with Crippen molar-refractivity contribution in [3.63, 3.8) is 0 Å². The van der Waals surface area contributed by atoms with E-state index in [0.717, 1.165) is 0 Å². The van der Waals surface area contributed by atoms with Gasteiger partial charge in [-0.15, -0.1) is 0 Å². The lowest BCUT2D eigenvalue weighted by molar-refractivity contribution is 0.254. The van der Waals surface area contributed by atoms with E-state index in [1.807, 2.05) is 0 Å². The fourth-order valence-corrected chi connectivity index (χ4v) is 2.63. The molecule has 96 valence electrons. The molecule has 0 spiro atoms. The molecular formula is C15H31N. The first-order chi connectivity index (χ1) is 7.93. The molecule has 16 heavy (non-hydrogen) atoms. The molecule has 0 N–H and O–H groups in total. The molecule has 0 amide bonds. The van der Waals surface area contributed by atoms with Crippen LogP contribution in [-0.2, 0) is 0 Å². The minimum atomic E-state index is 1.34. The van der Waals surface area contributed by atoms with Crippen molar-refractivity contribution in [2.24, 2.45) is 0 Å². The van der Waals surface area contributed by atoms with E-state index < -0.39 is 0 Å². The number of unbranched alkanes of at least 4 members (excludes halogenated alkanes) is 1. The number of hydrogen-bond donors (Lipinski definition) is 0. The van der Waals surface area contributed by atoms with Crippen molar-refractivity contribution in [2.75, 3.05) is 19.6 Å². The Hall–Kier alpha value is -0.0400. The summed E-state index contributed by atoms with van der Waals surface area (Å²) < 4.78 is 0. The molecule has 0 bridgehead atoms. The zero-order valence-corrected chi connectivity index (χ0v) is 11.3. The highest BCUT2D eigenvalue weighted by atomic mass is 15.1. The maximum atomic E-state index is 2.71. The summed E-state index contributed by atoms with van der Waals surface area (Å²) in [6.45, 7) is 6.37. The van der Waals surface area contributed by atoms with Gasteiger partial charge in [-0.2, -0.15) is 0 Å². The Morgan fingerprint density at radius 1 is 0.688 bits per heavy atom. The summed E-state index contributed by atoms with van der Waals surface area (Å²) in [5.74, 6) is 0. The quantitative estimate of drug-likeness (QED) is 0.678. The Morgan fingerprint density at radius 2 is 1.12 bits per heavy atom. The minimum absolute atomic E-state index is 1.34. The molecule has 1 rings (SSSR count). The highest BCUT2D eigenvalue weighted by molar-refractivity contribution is 4.60. The molecule has 0 aromatic carbocycles. The second kappa shape index (κ2) is 10.1. The summed E-state index contributed by atoms with van der Waals surface area (Å²) in [5.41, 5.74) is 0. The average Bonchev–Trinajstić information content (AvgIpc) is 2.28. The van der Waals surface area contributed by atoms with Crippen molar-refractivity contribution in [3.05, 3.63) is 0 Å². The molecule has 0 saturated carbocycles. The predicted octanol–water partition coefficient (Wildman–Crippen LogP) is 4.61. The molecule has 1 aliphatic heterocycles. The molecule has 1 heterocycles. The molecule has 1 saturated heterocycles. The van der Waals surface area contributed by atoms with E-state index in [2.05, 4.69) is 11.8 Å². The predicted molar refractivity (Wildman–Crippen MR) is 72.9 cm³/mol. The Labute approximate surface area is 103 Å². The fourth-order valence-electron chi connectivity index (χ4n) is 2.63. The van der Waals surface area contributed by atoms with Crippen LogP contribution >= 0.6 is 0 Å². The zero-order valence-electron chi connectivity index (χ0n) is 11.3. The SMILES string of the molecule is CCCCN1CCCCCCCCCCC1. The lowest BCUT2D eigenvalue weighted by Crippen LogP contribution is -2.27. The van der Waals surface area contributed by atoms with Crippen LogP contribution in [0.3, 0.4) is 0 Å². The van der Waals surface area contributed by atoms with Gasteiger partial charge in [0.1, 0.15) is 0 Å². The van der Waals surface area contributed by atoms with Gasteiger partial charge in [0, 0.05) is 0 Å². The molecule has 0 unspecified atom stereocenters. The Balaban J connectivity index is 2.19. The van der Waals surface area contributed by atoms with E-state index in [9.17, 15) is 0 Å². The Kier molecular flexibility index (Phi) is 8.88. The normalized spacial score (nSPS) is 22.3. The molecule has 0 aliphatic carbocycles. The monoisotopic (exact) mass is 225 g/mol. The number of hydrogen-bond acceptors (Lipinski definition) is 1. The van der Waals surface area contributed by atoms with E-state index in [1.165, 1.54) is 90.3 Å². The van der Waals surface area contributed by atoms with Crippen LogP contribution < -0.4 is 0 Å². The molecule has 1 heteroatoms. The van der Waals surface area contributed by atoms with Gasteiger partial charge in [0.25, 0.3) is 0 Å². The zero-order chi connectivity index (χ0) is 11.5. The summed E-state index contributed by atoms with van der Waals surface area (Å²) in [5, 5.41) is 0. The standard InChI is InChI=1S/C15H31N/c1-2-3-13-16-14-11-9-7-5-4-6-8-10-12-15-16/h2-15H2,1H3. The first kappa shape index (κ1) is 14.0. The third kappa shape index (κ3) is 7.27. The second-order valence-corrected chi connectivity index (χ2v) is 5.38. The first-order valence-corrected chi connectivity index (χ1v) is 7.66. The van der Waals surface area contributed by atoms with Gasteiger partial charge in [0.15, 0.2) is 0 Å². The van der Waals surface area contributed by atoms with Crippen LogP contribution in [0.5, 0.6) is 0 Å². The smallest absolute Gasteiger partial charge is 0.00187 e. The van der Waals surface area contributed by atoms with Crippen molar-refractivity contribution in [2.45, 2.75) is 77.6 Å². The van der Waals surface area contributed by atoms with Gasteiger partial charge in [-0.25, -0.2) is 0 Å². The molecule has 0 radical (unpaired) electrons. The summed E-state index contributed by atoms with van der Waals surface area (Å²) in [4.78, 5) is 2.71. The van der Waals surface area contributed by atoms with Gasteiger partial charge >= 0.3 is 0 Å². The lowest BCUT2D eigenvalue weighted by Gasteiger charge is -2.22. The maximum absolute atomic E-state index is 2.71. The maximum Gasteiger partial charge on any atom is -0.00187 e. The first-order valence-electron chi connectivity index (χ1n) is 7.66. The fraction of sp³-hybridized carbons (Fsp3) is 1.00. The Bertz CT molecular complexity index is 132. The van der Waals surface area contributed by atoms with E-state index in [4.69, 9.17) is 0 Å². The van der Waals surface area contributed by atoms with Gasteiger partial charge in [0.05, 0.1) is 0 Å². The summed E-state index contributed by atoms with van der Waals surface area (Å²) in [7, 11) is 0. The third-order valence-corrected chi connectivity index (χ3v) is 3.78.